The van der Waals surface area contributed by atoms with Gasteiger partial charge in [-0.05, 0) is 37.4 Å². The molecule has 0 bridgehead atoms. The highest BCUT2D eigenvalue weighted by molar-refractivity contribution is 6.05. The largest absolute Gasteiger partial charge is 0.399 e. The Morgan fingerprint density at radius 1 is 1.28 bits per heavy atom. The van der Waals surface area contributed by atoms with Gasteiger partial charge in [0.2, 0.25) is 0 Å². The molecule has 94 valence electrons. The summed E-state index contributed by atoms with van der Waals surface area (Å²) in [5.41, 5.74) is 6.90. The van der Waals surface area contributed by atoms with E-state index < -0.39 is 0 Å². The van der Waals surface area contributed by atoms with Crippen molar-refractivity contribution in [2.75, 3.05) is 18.8 Å². The van der Waals surface area contributed by atoms with Gasteiger partial charge < -0.3 is 10.6 Å². The molecule has 2 aromatic rings. The first-order valence-electron chi connectivity index (χ1n) is 6.10. The summed E-state index contributed by atoms with van der Waals surface area (Å²) in [7, 11) is 0. The molecular formula is C14H17N3O. The van der Waals surface area contributed by atoms with Gasteiger partial charge in [-0.2, -0.15) is 0 Å². The molecule has 0 aliphatic heterocycles. The number of rotatable bonds is 3. The summed E-state index contributed by atoms with van der Waals surface area (Å²) < 4.78 is 0. The van der Waals surface area contributed by atoms with Crippen molar-refractivity contribution >= 4 is 22.4 Å². The zero-order valence-corrected chi connectivity index (χ0v) is 10.7. The second kappa shape index (κ2) is 5.04. The fraction of sp³-hybridized carbons (Fsp3) is 0.286. The summed E-state index contributed by atoms with van der Waals surface area (Å²) in [5.74, 6) is -0.0452. The smallest absolute Gasteiger partial charge is 0.273 e. The van der Waals surface area contributed by atoms with Crippen molar-refractivity contribution in [1.29, 1.82) is 0 Å². The standard InChI is InChI=1S/C14H17N3O/c1-3-17(4-2)14(18)13-12-9-11(15)6-5-10(12)7-8-16-13/h5-9H,3-4,15H2,1-2H3. The fourth-order valence-corrected chi connectivity index (χ4v) is 2.02. The lowest BCUT2D eigenvalue weighted by Gasteiger charge is -2.18. The fourth-order valence-electron chi connectivity index (χ4n) is 2.02. The number of fused-ring (bicyclic) bond motifs is 1. The first-order valence-corrected chi connectivity index (χ1v) is 6.10. The van der Waals surface area contributed by atoms with E-state index in [1.165, 1.54) is 0 Å². The normalized spacial score (nSPS) is 10.6. The Balaban J connectivity index is 2.56. The third-order valence-electron chi connectivity index (χ3n) is 3.04. The molecule has 0 saturated heterocycles. The number of amides is 1. The molecule has 2 N–H and O–H groups in total. The summed E-state index contributed by atoms with van der Waals surface area (Å²) in [6.07, 6.45) is 1.66. The lowest BCUT2D eigenvalue weighted by atomic mass is 10.1. The van der Waals surface area contributed by atoms with Crippen molar-refractivity contribution in [2.24, 2.45) is 0 Å². The zero-order valence-electron chi connectivity index (χ0n) is 10.7. The van der Waals surface area contributed by atoms with Gasteiger partial charge in [-0.15, -0.1) is 0 Å². The molecule has 0 saturated carbocycles. The van der Waals surface area contributed by atoms with E-state index in [-0.39, 0.29) is 5.91 Å². The Labute approximate surface area is 106 Å². The Bertz CT molecular complexity index is 576. The van der Waals surface area contributed by atoms with Crippen LogP contribution in [0.25, 0.3) is 10.8 Å². The highest BCUT2D eigenvalue weighted by atomic mass is 16.2. The van der Waals surface area contributed by atoms with E-state index in [9.17, 15) is 4.79 Å². The van der Waals surface area contributed by atoms with Crippen LogP contribution in [0.4, 0.5) is 5.69 Å². The quantitative estimate of drug-likeness (QED) is 0.841. The molecule has 1 aromatic carbocycles. The second-order valence-corrected chi connectivity index (χ2v) is 4.12. The second-order valence-electron chi connectivity index (χ2n) is 4.12. The first kappa shape index (κ1) is 12.4. The number of benzene rings is 1. The summed E-state index contributed by atoms with van der Waals surface area (Å²) in [6, 6.07) is 7.42. The number of pyridine rings is 1. The van der Waals surface area contributed by atoms with Crippen LogP contribution in [0.3, 0.4) is 0 Å². The Morgan fingerprint density at radius 2 is 2.00 bits per heavy atom. The van der Waals surface area contributed by atoms with E-state index in [4.69, 9.17) is 5.73 Å². The van der Waals surface area contributed by atoms with Crippen molar-refractivity contribution in [3.05, 3.63) is 36.2 Å². The third kappa shape index (κ3) is 2.14. The topological polar surface area (TPSA) is 59.2 Å². The van der Waals surface area contributed by atoms with E-state index in [2.05, 4.69) is 4.98 Å². The van der Waals surface area contributed by atoms with Crippen molar-refractivity contribution in [3.63, 3.8) is 0 Å². The maximum absolute atomic E-state index is 12.4. The molecule has 4 heteroatoms. The van der Waals surface area contributed by atoms with Crippen molar-refractivity contribution < 1.29 is 4.79 Å². The minimum atomic E-state index is -0.0452. The summed E-state index contributed by atoms with van der Waals surface area (Å²) >= 11 is 0. The number of carbonyl (C=O) groups excluding carboxylic acids is 1. The first-order chi connectivity index (χ1) is 8.67. The van der Waals surface area contributed by atoms with Crippen LogP contribution in [0.5, 0.6) is 0 Å². The SMILES string of the molecule is CCN(CC)C(=O)c1nccc2ccc(N)cc12. The molecule has 2 rings (SSSR count). The minimum Gasteiger partial charge on any atom is -0.399 e. The van der Waals surface area contributed by atoms with Crippen LogP contribution in [0, 0.1) is 0 Å². The lowest BCUT2D eigenvalue weighted by Crippen LogP contribution is -2.31. The number of hydrogen-bond donors (Lipinski definition) is 1. The van der Waals surface area contributed by atoms with Gasteiger partial charge in [-0.1, -0.05) is 6.07 Å². The van der Waals surface area contributed by atoms with Crippen LogP contribution in [-0.2, 0) is 0 Å². The summed E-state index contributed by atoms with van der Waals surface area (Å²) in [4.78, 5) is 18.3. The van der Waals surface area contributed by atoms with E-state index in [0.29, 0.717) is 24.5 Å². The predicted octanol–water partition coefficient (Wildman–Crippen LogP) is 2.30. The molecule has 0 radical (unpaired) electrons. The van der Waals surface area contributed by atoms with Crippen molar-refractivity contribution in [1.82, 2.24) is 9.88 Å². The van der Waals surface area contributed by atoms with E-state index >= 15 is 0 Å². The van der Waals surface area contributed by atoms with Gasteiger partial charge in [0.05, 0.1) is 0 Å². The molecule has 1 heterocycles. The Kier molecular flexibility index (Phi) is 3.46. The molecule has 0 fully saturated rings. The van der Waals surface area contributed by atoms with Crippen molar-refractivity contribution in [2.45, 2.75) is 13.8 Å². The molecule has 0 aliphatic rings. The highest BCUT2D eigenvalue weighted by Crippen LogP contribution is 2.20. The Morgan fingerprint density at radius 3 is 2.67 bits per heavy atom. The highest BCUT2D eigenvalue weighted by Gasteiger charge is 2.16. The van der Waals surface area contributed by atoms with Crippen LogP contribution < -0.4 is 5.73 Å². The van der Waals surface area contributed by atoms with Crippen LogP contribution in [0.15, 0.2) is 30.5 Å². The maximum Gasteiger partial charge on any atom is 0.273 e. The van der Waals surface area contributed by atoms with Gasteiger partial charge in [0.1, 0.15) is 5.69 Å². The number of hydrogen-bond acceptors (Lipinski definition) is 3. The molecule has 0 atom stereocenters. The van der Waals surface area contributed by atoms with Crippen LogP contribution in [0.2, 0.25) is 0 Å². The average molecular weight is 243 g/mol. The van der Waals surface area contributed by atoms with Gasteiger partial charge in [0.25, 0.3) is 5.91 Å². The molecule has 1 amide bonds. The maximum atomic E-state index is 12.4. The molecular weight excluding hydrogens is 226 g/mol. The number of anilines is 1. The van der Waals surface area contributed by atoms with Gasteiger partial charge >= 0.3 is 0 Å². The van der Waals surface area contributed by atoms with Gasteiger partial charge in [-0.25, -0.2) is 0 Å². The molecule has 0 spiro atoms. The molecule has 0 aliphatic carbocycles. The average Bonchev–Trinajstić information content (AvgIpc) is 2.39. The summed E-state index contributed by atoms with van der Waals surface area (Å²) in [5, 5.41) is 1.80. The van der Waals surface area contributed by atoms with Crippen molar-refractivity contribution in [3.8, 4) is 0 Å². The number of aromatic nitrogens is 1. The van der Waals surface area contributed by atoms with Gasteiger partial charge in [0.15, 0.2) is 0 Å². The number of nitrogens with two attached hydrogens (primary N) is 1. The van der Waals surface area contributed by atoms with Crippen LogP contribution in [0.1, 0.15) is 24.3 Å². The van der Waals surface area contributed by atoms with Crippen LogP contribution >= 0.6 is 0 Å². The molecule has 0 unspecified atom stereocenters. The number of nitrogen functional groups attached to an aromatic ring is 1. The van der Waals surface area contributed by atoms with E-state index in [1.54, 1.807) is 17.2 Å². The lowest BCUT2D eigenvalue weighted by molar-refractivity contribution is 0.0769. The number of carbonyl (C=O) groups is 1. The molecule has 1 aromatic heterocycles. The molecule has 4 nitrogen and oxygen atoms in total. The molecule has 18 heavy (non-hydrogen) atoms. The number of nitrogens with zero attached hydrogens (tertiary/aromatic N) is 2. The zero-order chi connectivity index (χ0) is 13.1. The summed E-state index contributed by atoms with van der Waals surface area (Å²) in [6.45, 7) is 5.27. The third-order valence-corrected chi connectivity index (χ3v) is 3.04. The van der Waals surface area contributed by atoms with E-state index in [1.807, 2.05) is 32.0 Å². The Hall–Kier alpha value is -2.10. The predicted molar refractivity (Wildman–Crippen MR) is 73.4 cm³/mol. The van der Waals surface area contributed by atoms with Gasteiger partial charge in [-0.3, -0.25) is 9.78 Å². The monoisotopic (exact) mass is 243 g/mol. The van der Waals surface area contributed by atoms with Crippen LogP contribution in [-0.4, -0.2) is 28.9 Å². The van der Waals surface area contributed by atoms with Gasteiger partial charge in [0, 0.05) is 30.4 Å². The van der Waals surface area contributed by atoms with E-state index in [0.717, 1.165) is 10.8 Å². The minimum absolute atomic E-state index is 0.0452.